The summed E-state index contributed by atoms with van der Waals surface area (Å²) >= 11 is 0. The molecule has 7 heteroatoms. The molecule has 0 amide bonds. The topological polar surface area (TPSA) is 80.8 Å². The van der Waals surface area contributed by atoms with Gasteiger partial charge in [-0.2, -0.15) is 4.31 Å². The van der Waals surface area contributed by atoms with E-state index in [0.717, 1.165) is 30.4 Å². The van der Waals surface area contributed by atoms with Crippen molar-refractivity contribution in [3.8, 4) is 0 Å². The molecule has 0 atom stereocenters. The molecule has 6 nitrogen and oxygen atoms in total. The second-order valence-corrected chi connectivity index (χ2v) is 9.27. The molecule has 1 aliphatic rings. The van der Waals surface area contributed by atoms with Gasteiger partial charge < -0.3 is 4.74 Å². The van der Waals surface area contributed by atoms with E-state index in [1.54, 1.807) is 0 Å². The molecule has 0 aromatic heterocycles. The summed E-state index contributed by atoms with van der Waals surface area (Å²) in [6, 6.07) is 11.6. The molecular formula is C23H27NO5S. The molecule has 1 aliphatic heterocycles. The number of rotatable bonds is 8. The van der Waals surface area contributed by atoms with Gasteiger partial charge in [0.25, 0.3) is 0 Å². The number of benzene rings is 2. The minimum atomic E-state index is -3.63. The molecule has 1 fully saturated rings. The van der Waals surface area contributed by atoms with Gasteiger partial charge in [0.05, 0.1) is 10.5 Å². The van der Waals surface area contributed by atoms with Crippen molar-refractivity contribution in [1.82, 2.24) is 4.31 Å². The van der Waals surface area contributed by atoms with Crippen LogP contribution in [0.2, 0.25) is 0 Å². The number of ketones is 1. The van der Waals surface area contributed by atoms with E-state index < -0.39 is 16.0 Å². The Morgan fingerprint density at radius 3 is 2.40 bits per heavy atom. The fourth-order valence-corrected chi connectivity index (χ4v) is 5.13. The Morgan fingerprint density at radius 1 is 1.00 bits per heavy atom. The highest BCUT2D eigenvalue weighted by molar-refractivity contribution is 7.89. The Kier molecular flexibility index (Phi) is 7.05. The Balaban J connectivity index is 1.72. The van der Waals surface area contributed by atoms with Crippen LogP contribution in [0, 0.1) is 0 Å². The fourth-order valence-electron chi connectivity index (χ4n) is 3.56. The average molecular weight is 430 g/mol. The molecule has 0 radical (unpaired) electrons. The van der Waals surface area contributed by atoms with E-state index in [0.29, 0.717) is 25.1 Å². The Bertz CT molecular complexity index is 1040. The zero-order valence-corrected chi connectivity index (χ0v) is 18.2. The van der Waals surface area contributed by atoms with Crippen molar-refractivity contribution in [2.75, 3.05) is 19.7 Å². The molecule has 0 saturated carbocycles. The van der Waals surface area contributed by atoms with Gasteiger partial charge in [-0.05, 0) is 61.1 Å². The molecule has 160 valence electrons. The standard InChI is InChI=1S/C23H27NO5S/c1-3-17-10-11-18(4-2)21(14-17)22(25)16-29-23(26)19-8-7-9-20(15-19)30(27,28)24-12-5-6-13-24/h7-11,14-15H,3-6,12-13,16H2,1-2H3. The lowest BCUT2D eigenvalue weighted by Crippen LogP contribution is -2.28. The molecule has 0 spiro atoms. The summed E-state index contributed by atoms with van der Waals surface area (Å²) in [5.74, 6) is -0.983. The molecule has 0 N–H and O–H groups in total. The molecule has 0 bridgehead atoms. The van der Waals surface area contributed by atoms with E-state index in [-0.39, 0.29) is 22.8 Å². The van der Waals surface area contributed by atoms with Gasteiger partial charge >= 0.3 is 5.97 Å². The first-order valence-corrected chi connectivity index (χ1v) is 11.7. The highest BCUT2D eigenvalue weighted by Gasteiger charge is 2.28. The summed E-state index contributed by atoms with van der Waals surface area (Å²) in [6.07, 6.45) is 3.18. The maximum Gasteiger partial charge on any atom is 0.338 e. The van der Waals surface area contributed by atoms with Crippen LogP contribution in [0.3, 0.4) is 0 Å². The van der Waals surface area contributed by atoms with Crippen LogP contribution in [0.4, 0.5) is 0 Å². The molecule has 0 aliphatic carbocycles. The fraction of sp³-hybridized carbons (Fsp3) is 0.391. The number of hydrogen-bond donors (Lipinski definition) is 0. The lowest BCUT2D eigenvalue weighted by atomic mass is 9.98. The van der Waals surface area contributed by atoms with Crippen LogP contribution in [0.5, 0.6) is 0 Å². The maximum atomic E-state index is 12.7. The third-order valence-corrected chi connectivity index (χ3v) is 7.27. The normalized spacial score (nSPS) is 14.6. The SMILES string of the molecule is CCc1ccc(CC)c(C(=O)COC(=O)c2cccc(S(=O)(=O)N3CCCC3)c2)c1. The van der Waals surface area contributed by atoms with Gasteiger partial charge in [0.1, 0.15) is 0 Å². The van der Waals surface area contributed by atoms with Crippen LogP contribution in [-0.2, 0) is 27.6 Å². The van der Waals surface area contributed by atoms with E-state index in [9.17, 15) is 18.0 Å². The second kappa shape index (κ2) is 9.53. The summed E-state index contributed by atoms with van der Waals surface area (Å²) in [5, 5.41) is 0. The van der Waals surface area contributed by atoms with E-state index in [4.69, 9.17) is 4.74 Å². The van der Waals surface area contributed by atoms with Crippen molar-refractivity contribution < 1.29 is 22.7 Å². The zero-order chi connectivity index (χ0) is 21.7. The van der Waals surface area contributed by atoms with Crippen molar-refractivity contribution in [3.63, 3.8) is 0 Å². The summed E-state index contributed by atoms with van der Waals surface area (Å²) in [4.78, 5) is 25.2. The smallest absolute Gasteiger partial charge is 0.338 e. The molecule has 30 heavy (non-hydrogen) atoms. The van der Waals surface area contributed by atoms with Crippen LogP contribution in [0.1, 0.15) is 58.5 Å². The zero-order valence-electron chi connectivity index (χ0n) is 17.4. The van der Waals surface area contributed by atoms with E-state index in [1.165, 1.54) is 28.6 Å². The molecule has 3 rings (SSSR count). The van der Waals surface area contributed by atoms with Crippen LogP contribution >= 0.6 is 0 Å². The third-order valence-electron chi connectivity index (χ3n) is 5.37. The predicted molar refractivity (Wildman–Crippen MR) is 114 cm³/mol. The first-order chi connectivity index (χ1) is 14.4. The van der Waals surface area contributed by atoms with Crippen LogP contribution in [0.25, 0.3) is 0 Å². The van der Waals surface area contributed by atoms with Crippen molar-refractivity contribution in [2.24, 2.45) is 0 Å². The van der Waals surface area contributed by atoms with Crippen LogP contribution in [0.15, 0.2) is 47.4 Å². The number of esters is 1. The first-order valence-electron chi connectivity index (χ1n) is 10.3. The Hall–Kier alpha value is -2.51. The summed E-state index contributed by atoms with van der Waals surface area (Å²) in [7, 11) is -3.63. The van der Waals surface area contributed by atoms with Crippen molar-refractivity contribution in [2.45, 2.75) is 44.4 Å². The Labute approximate surface area is 177 Å². The number of nitrogens with zero attached hydrogens (tertiary/aromatic N) is 1. The molecule has 2 aromatic carbocycles. The lowest BCUT2D eigenvalue weighted by molar-refractivity contribution is 0.0474. The number of ether oxygens (including phenoxy) is 1. The molecule has 1 saturated heterocycles. The van der Waals surface area contributed by atoms with Gasteiger partial charge in [0.2, 0.25) is 15.8 Å². The van der Waals surface area contributed by atoms with Gasteiger partial charge in [-0.25, -0.2) is 13.2 Å². The molecule has 1 heterocycles. The minimum absolute atomic E-state index is 0.0640. The van der Waals surface area contributed by atoms with Crippen molar-refractivity contribution in [1.29, 1.82) is 0 Å². The summed E-state index contributed by atoms with van der Waals surface area (Å²) < 4.78 is 32.1. The highest BCUT2D eigenvalue weighted by atomic mass is 32.2. The second-order valence-electron chi connectivity index (χ2n) is 7.34. The minimum Gasteiger partial charge on any atom is -0.454 e. The maximum absolute atomic E-state index is 12.7. The highest BCUT2D eigenvalue weighted by Crippen LogP contribution is 2.22. The van der Waals surface area contributed by atoms with E-state index in [1.807, 2.05) is 32.0 Å². The summed E-state index contributed by atoms with van der Waals surface area (Å²) in [5.41, 5.74) is 2.63. The third kappa shape index (κ3) is 4.79. The number of Topliss-reactive ketones (excluding diaryl/α,β-unsaturated/α-hetero) is 1. The van der Waals surface area contributed by atoms with E-state index in [2.05, 4.69) is 0 Å². The molecule has 2 aromatic rings. The number of hydrogen-bond acceptors (Lipinski definition) is 5. The molecule has 0 unspecified atom stereocenters. The largest absolute Gasteiger partial charge is 0.454 e. The van der Waals surface area contributed by atoms with Gasteiger partial charge in [0, 0.05) is 18.7 Å². The quantitative estimate of drug-likeness (QED) is 0.473. The average Bonchev–Trinajstić information content (AvgIpc) is 3.32. The van der Waals surface area contributed by atoms with Crippen LogP contribution < -0.4 is 0 Å². The first kappa shape index (κ1) is 22.2. The Morgan fingerprint density at radius 2 is 1.73 bits per heavy atom. The lowest BCUT2D eigenvalue weighted by Gasteiger charge is -2.16. The van der Waals surface area contributed by atoms with Crippen molar-refractivity contribution in [3.05, 3.63) is 64.7 Å². The van der Waals surface area contributed by atoms with Gasteiger partial charge in [-0.3, -0.25) is 4.79 Å². The van der Waals surface area contributed by atoms with Crippen molar-refractivity contribution >= 4 is 21.8 Å². The molecular weight excluding hydrogens is 402 g/mol. The van der Waals surface area contributed by atoms with Gasteiger partial charge in [-0.15, -0.1) is 0 Å². The van der Waals surface area contributed by atoms with Gasteiger partial charge in [-0.1, -0.05) is 32.0 Å². The summed E-state index contributed by atoms with van der Waals surface area (Å²) in [6.45, 7) is 4.57. The monoisotopic (exact) mass is 429 g/mol. The van der Waals surface area contributed by atoms with Gasteiger partial charge in [0.15, 0.2) is 6.61 Å². The predicted octanol–water partition coefficient (Wildman–Crippen LogP) is 3.64. The number of sulfonamides is 1. The number of carbonyl (C=O) groups is 2. The number of carbonyl (C=O) groups excluding carboxylic acids is 2. The van der Waals surface area contributed by atoms with E-state index >= 15 is 0 Å². The van der Waals surface area contributed by atoms with Crippen LogP contribution in [-0.4, -0.2) is 44.2 Å². The number of aryl methyl sites for hydroxylation is 2.